The summed E-state index contributed by atoms with van der Waals surface area (Å²) in [7, 11) is 0. The molecule has 2 amide bonds. The Morgan fingerprint density at radius 1 is 0.972 bits per heavy atom. The molecule has 0 spiro atoms. The molecular formula is C29H31FN2O4. The van der Waals surface area contributed by atoms with Crippen molar-refractivity contribution in [2.45, 2.75) is 45.2 Å². The van der Waals surface area contributed by atoms with Gasteiger partial charge in [-0.2, -0.15) is 0 Å². The number of amides is 2. The van der Waals surface area contributed by atoms with Gasteiger partial charge in [-0.25, -0.2) is 4.39 Å². The molecule has 3 aromatic rings. The SMILES string of the molecule is CCCNC(=O)C(Cc1ccccc1)N(Cc1ccccc1F)C(=O)CCc1ccc2c(c1)OCO2. The number of ether oxygens (including phenoxy) is 2. The summed E-state index contributed by atoms with van der Waals surface area (Å²) in [5, 5.41) is 2.93. The molecule has 1 atom stereocenters. The molecular weight excluding hydrogens is 459 g/mol. The summed E-state index contributed by atoms with van der Waals surface area (Å²) in [5.74, 6) is 0.473. The van der Waals surface area contributed by atoms with Crippen LogP contribution in [0.15, 0.2) is 72.8 Å². The van der Waals surface area contributed by atoms with Crippen LogP contribution < -0.4 is 14.8 Å². The van der Waals surface area contributed by atoms with Gasteiger partial charge < -0.3 is 19.7 Å². The molecule has 1 aliphatic heterocycles. The summed E-state index contributed by atoms with van der Waals surface area (Å²) < 4.78 is 25.4. The van der Waals surface area contributed by atoms with Crippen molar-refractivity contribution in [3.05, 3.63) is 95.3 Å². The van der Waals surface area contributed by atoms with E-state index < -0.39 is 11.9 Å². The lowest BCUT2D eigenvalue weighted by Crippen LogP contribution is -2.50. The first-order valence-electron chi connectivity index (χ1n) is 12.3. The van der Waals surface area contributed by atoms with Gasteiger partial charge in [-0.05, 0) is 42.2 Å². The number of hydrogen-bond donors (Lipinski definition) is 1. The van der Waals surface area contributed by atoms with E-state index in [-0.39, 0.29) is 31.6 Å². The largest absolute Gasteiger partial charge is 0.454 e. The Morgan fingerprint density at radius 2 is 1.72 bits per heavy atom. The van der Waals surface area contributed by atoms with E-state index >= 15 is 0 Å². The van der Waals surface area contributed by atoms with Gasteiger partial charge in [-0.1, -0.05) is 61.5 Å². The normalized spacial score (nSPS) is 12.7. The van der Waals surface area contributed by atoms with Crippen LogP contribution in [0.1, 0.15) is 36.5 Å². The second kappa shape index (κ2) is 12.2. The molecule has 0 saturated heterocycles. The number of carbonyl (C=O) groups excluding carboxylic acids is 2. The summed E-state index contributed by atoms with van der Waals surface area (Å²) in [5.41, 5.74) is 2.22. The van der Waals surface area contributed by atoms with Gasteiger partial charge in [-0.15, -0.1) is 0 Å². The van der Waals surface area contributed by atoms with Gasteiger partial charge in [0.15, 0.2) is 11.5 Å². The summed E-state index contributed by atoms with van der Waals surface area (Å²) >= 11 is 0. The van der Waals surface area contributed by atoms with Crippen LogP contribution in [0.25, 0.3) is 0 Å². The first-order valence-corrected chi connectivity index (χ1v) is 12.3. The molecule has 0 bridgehead atoms. The molecule has 0 radical (unpaired) electrons. The van der Waals surface area contributed by atoms with Crippen LogP contribution in [-0.4, -0.2) is 36.1 Å². The van der Waals surface area contributed by atoms with E-state index in [9.17, 15) is 14.0 Å². The monoisotopic (exact) mass is 490 g/mol. The first kappa shape index (κ1) is 25.2. The molecule has 188 valence electrons. The quantitative estimate of drug-likeness (QED) is 0.425. The minimum atomic E-state index is -0.775. The Balaban J connectivity index is 1.59. The molecule has 1 unspecified atom stereocenters. The zero-order valence-corrected chi connectivity index (χ0v) is 20.4. The molecule has 0 fully saturated rings. The Bertz CT molecular complexity index is 1180. The fourth-order valence-corrected chi connectivity index (χ4v) is 4.22. The Labute approximate surface area is 211 Å². The fraction of sp³-hybridized carbons (Fsp3) is 0.310. The van der Waals surface area contributed by atoms with E-state index in [1.165, 1.54) is 11.0 Å². The first-order chi connectivity index (χ1) is 17.5. The average molecular weight is 491 g/mol. The predicted molar refractivity (Wildman–Crippen MR) is 135 cm³/mol. The standard InChI is InChI=1S/C29H31FN2O4/c1-2-16-31-29(34)25(17-21-8-4-3-5-9-21)32(19-23-10-6-7-11-24(23)30)28(33)15-13-22-12-14-26-27(18-22)36-20-35-26/h3-12,14,18,25H,2,13,15-17,19-20H2,1H3,(H,31,34). The molecule has 6 nitrogen and oxygen atoms in total. The number of carbonyl (C=O) groups is 2. The van der Waals surface area contributed by atoms with Gasteiger partial charge in [0, 0.05) is 31.5 Å². The van der Waals surface area contributed by atoms with Crippen molar-refractivity contribution < 1.29 is 23.5 Å². The van der Waals surface area contributed by atoms with Crippen LogP contribution in [0, 0.1) is 5.82 Å². The maximum absolute atomic E-state index is 14.6. The highest BCUT2D eigenvalue weighted by Crippen LogP contribution is 2.33. The summed E-state index contributed by atoms with van der Waals surface area (Å²) in [4.78, 5) is 28.5. The number of hydrogen-bond acceptors (Lipinski definition) is 4. The maximum Gasteiger partial charge on any atom is 0.243 e. The van der Waals surface area contributed by atoms with E-state index in [0.29, 0.717) is 36.4 Å². The Kier molecular flexibility index (Phi) is 8.55. The number of nitrogens with zero attached hydrogens (tertiary/aromatic N) is 1. The zero-order chi connectivity index (χ0) is 25.3. The van der Waals surface area contributed by atoms with Crippen molar-refractivity contribution in [1.29, 1.82) is 0 Å². The third-order valence-corrected chi connectivity index (χ3v) is 6.18. The van der Waals surface area contributed by atoms with E-state index in [2.05, 4.69) is 5.32 Å². The summed E-state index contributed by atoms with van der Waals surface area (Å²) in [6.45, 7) is 2.66. The van der Waals surface area contributed by atoms with Gasteiger partial charge >= 0.3 is 0 Å². The second-order valence-corrected chi connectivity index (χ2v) is 8.80. The highest BCUT2D eigenvalue weighted by molar-refractivity contribution is 5.88. The minimum absolute atomic E-state index is 0.00366. The van der Waals surface area contributed by atoms with E-state index in [1.54, 1.807) is 18.2 Å². The third-order valence-electron chi connectivity index (χ3n) is 6.18. The number of benzene rings is 3. The van der Waals surface area contributed by atoms with Crippen molar-refractivity contribution in [1.82, 2.24) is 10.2 Å². The van der Waals surface area contributed by atoms with E-state index in [0.717, 1.165) is 17.5 Å². The molecule has 0 aliphatic carbocycles. The van der Waals surface area contributed by atoms with Crippen LogP contribution >= 0.6 is 0 Å². The van der Waals surface area contributed by atoms with Gasteiger partial charge in [-0.3, -0.25) is 9.59 Å². The van der Waals surface area contributed by atoms with Crippen LogP contribution in [0.3, 0.4) is 0 Å². The minimum Gasteiger partial charge on any atom is -0.454 e. The molecule has 4 rings (SSSR count). The van der Waals surface area contributed by atoms with Crippen molar-refractivity contribution in [3.63, 3.8) is 0 Å². The Morgan fingerprint density at radius 3 is 2.50 bits per heavy atom. The van der Waals surface area contributed by atoms with Crippen LogP contribution in [0.2, 0.25) is 0 Å². The molecule has 1 N–H and O–H groups in total. The van der Waals surface area contributed by atoms with Crippen molar-refractivity contribution in [2.75, 3.05) is 13.3 Å². The molecule has 1 aliphatic rings. The number of rotatable bonds is 11. The zero-order valence-electron chi connectivity index (χ0n) is 20.4. The van der Waals surface area contributed by atoms with Crippen molar-refractivity contribution >= 4 is 11.8 Å². The third kappa shape index (κ3) is 6.42. The number of nitrogens with one attached hydrogen (secondary N) is 1. The summed E-state index contributed by atoms with van der Waals surface area (Å²) in [6.07, 6.45) is 1.73. The smallest absolute Gasteiger partial charge is 0.243 e. The van der Waals surface area contributed by atoms with Gasteiger partial charge in [0.05, 0.1) is 0 Å². The highest BCUT2D eigenvalue weighted by Gasteiger charge is 2.30. The number of halogens is 1. The van der Waals surface area contributed by atoms with Crippen LogP contribution in [0.4, 0.5) is 4.39 Å². The van der Waals surface area contributed by atoms with Gasteiger partial charge in [0.25, 0.3) is 0 Å². The average Bonchev–Trinajstić information content (AvgIpc) is 3.37. The summed E-state index contributed by atoms with van der Waals surface area (Å²) in [6, 6.07) is 20.8. The molecule has 3 aromatic carbocycles. The Hall–Kier alpha value is -3.87. The molecule has 36 heavy (non-hydrogen) atoms. The lowest BCUT2D eigenvalue weighted by molar-refractivity contribution is -0.141. The van der Waals surface area contributed by atoms with Crippen LogP contribution in [0.5, 0.6) is 11.5 Å². The molecule has 7 heteroatoms. The topological polar surface area (TPSA) is 67.9 Å². The van der Waals surface area contributed by atoms with Crippen molar-refractivity contribution in [3.8, 4) is 11.5 Å². The van der Waals surface area contributed by atoms with E-state index in [1.807, 2.05) is 55.5 Å². The van der Waals surface area contributed by atoms with E-state index in [4.69, 9.17) is 9.47 Å². The fourth-order valence-electron chi connectivity index (χ4n) is 4.22. The molecule has 0 aromatic heterocycles. The molecule has 1 heterocycles. The van der Waals surface area contributed by atoms with Crippen LogP contribution in [-0.2, 0) is 29.0 Å². The van der Waals surface area contributed by atoms with Crippen molar-refractivity contribution in [2.24, 2.45) is 0 Å². The van der Waals surface area contributed by atoms with Gasteiger partial charge in [0.1, 0.15) is 11.9 Å². The number of fused-ring (bicyclic) bond motifs is 1. The predicted octanol–water partition coefficient (Wildman–Crippen LogP) is 4.65. The lowest BCUT2D eigenvalue weighted by Gasteiger charge is -2.31. The highest BCUT2D eigenvalue weighted by atomic mass is 19.1. The van der Waals surface area contributed by atoms with Gasteiger partial charge in [0.2, 0.25) is 18.6 Å². The molecule has 0 saturated carbocycles. The second-order valence-electron chi connectivity index (χ2n) is 8.80. The maximum atomic E-state index is 14.6. The lowest BCUT2D eigenvalue weighted by atomic mass is 10.0. The number of aryl methyl sites for hydroxylation is 1.